The van der Waals surface area contributed by atoms with E-state index in [1.54, 1.807) is 22.7 Å². The molecule has 2 N–H and O–H groups in total. The van der Waals surface area contributed by atoms with Crippen molar-refractivity contribution in [3.63, 3.8) is 0 Å². The first-order chi connectivity index (χ1) is 12.9. The smallest absolute Gasteiger partial charge is 0.270 e. The zero-order valence-corrected chi connectivity index (χ0v) is 16.9. The second-order valence-corrected chi connectivity index (χ2v) is 7.15. The van der Waals surface area contributed by atoms with Gasteiger partial charge >= 0.3 is 0 Å². The lowest BCUT2D eigenvalue weighted by molar-refractivity contribution is -0.121. The summed E-state index contributed by atoms with van der Waals surface area (Å²) < 4.78 is 2.46. The molecule has 2 aromatic heterocycles. The van der Waals surface area contributed by atoms with Crippen LogP contribution in [0.25, 0.3) is 5.65 Å². The Morgan fingerprint density at radius 3 is 2.63 bits per heavy atom. The average molecular weight is 430 g/mol. The molecule has 2 amide bonds. The maximum absolute atomic E-state index is 12.1. The van der Waals surface area contributed by atoms with E-state index in [1.807, 2.05) is 32.9 Å². The van der Waals surface area contributed by atoms with Crippen LogP contribution in [-0.2, 0) is 11.2 Å². The van der Waals surface area contributed by atoms with E-state index in [-0.39, 0.29) is 18.2 Å². The molecule has 27 heavy (non-hydrogen) atoms. The SMILES string of the molecule is Cc1cc2nc(C)c(CCC(=O)NNC(=O)c3ccccc3Br)c(C)n2n1. The molecule has 0 fully saturated rings. The number of aromatic nitrogens is 3. The monoisotopic (exact) mass is 429 g/mol. The van der Waals surface area contributed by atoms with Gasteiger partial charge in [-0.2, -0.15) is 5.10 Å². The van der Waals surface area contributed by atoms with Crippen molar-refractivity contribution in [3.05, 3.63) is 63.0 Å². The highest BCUT2D eigenvalue weighted by Gasteiger charge is 2.14. The van der Waals surface area contributed by atoms with Gasteiger partial charge in [0.2, 0.25) is 5.91 Å². The summed E-state index contributed by atoms with van der Waals surface area (Å²) in [6.45, 7) is 5.82. The zero-order chi connectivity index (χ0) is 19.6. The summed E-state index contributed by atoms with van der Waals surface area (Å²) in [6, 6.07) is 8.94. The first kappa shape index (κ1) is 19.0. The van der Waals surface area contributed by atoms with E-state index in [0.29, 0.717) is 16.5 Å². The number of hydrogen-bond donors (Lipinski definition) is 2. The standard InChI is InChI=1S/C19H20BrN5O2/c1-11-10-17-21-12(2)14(13(3)25(17)24-11)8-9-18(26)22-23-19(27)15-6-4-5-7-16(15)20/h4-7,10H,8-9H2,1-3H3,(H,22,26)(H,23,27). The zero-order valence-electron chi connectivity index (χ0n) is 15.3. The van der Waals surface area contributed by atoms with Crippen molar-refractivity contribution in [2.24, 2.45) is 0 Å². The molecular weight excluding hydrogens is 410 g/mol. The van der Waals surface area contributed by atoms with E-state index in [1.165, 1.54) is 0 Å². The van der Waals surface area contributed by atoms with Gasteiger partial charge in [0, 0.05) is 28.3 Å². The Kier molecular flexibility index (Phi) is 5.55. The number of halogens is 1. The van der Waals surface area contributed by atoms with Crippen LogP contribution in [0.2, 0.25) is 0 Å². The van der Waals surface area contributed by atoms with Gasteiger partial charge in [-0.05, 0) is 60.8 Å². The van der Waals surface area contributed by atoms with Crippen molar-refractivity contribution < 1.29 is 9.59 Å². The Morgan fingerprint density at radius 1 is 1.15 bits per heavy atom. The predicted molar refractivity (Wildman–Crippen MR) is 105 cm³/mol. The van der Waals surface area contributed by atoms with Gasteiger partial charge in [0.15, 0.2) is 5.65 Å². The predicted octanol–water partition coefficient (Wildman–Crippen LogP) is 2.81. The van der Waals surface area contributed by atoms with Crippen LogP contribution in [0, 0.1) is 20.8 Å². The molecule has 7 nitrogen and oxygen atoms in total. The van der Waals surface area contributed by atoms with Crippen LogP contribution in [0.15, 0.2) is 34.8 Å². The van der Waals surface area contributed by atoms with Crippen LogP contribution in [0.3, 0.4) is 0 Å². The van der Waals surface area contributed by atoms with E-state index in [0.717, 1.165) is 28.3 Å². The van der Waals surface area contributed by atoms with Crippen LogP contribution in [-0.4, -0.2) is 26.4 Å². The molecule has 0 bridgehead atoms. The van der Waals surface area contributed by atoms with Crippen molar-refractivity contribution in [1.82, 2.24) is 25.4 Å². The lowest BCUT2D eigenvalue weighted by atomic mass is 10.1. The molecule has 0 aliphatic rings. The molecule has 0 saturated carbocycles. The summed E-state index contributed by atoms with van der Waals surface area (Å²) in [5.74, 6) is -0.649. The van der Waals surface area contributed by atoms with Crippen LogP contribution >= 0.6 is 15.9 Å². The summed E-state index contributed by atoms with van der Waals surface area (Å²) in [7, 11) is 0. The number of nitrogens with one attached hydrogen (secondary N) is 2. The molecule has 0 spiro atoms. The Bertz CT molecular complexity index is 1030. The van der Waals surface area contributed by atoms with E-state index in [9.17, 15) is 9.59 Å². The number of hydrogen-bond acceptors (Lipinski definition) is 4. The molecule has 0 saturated heterocycles. The molecule has 3 rings (SSSR count). The first-order valence-corrected chi connectivity index (χ1v) is 9.32. The number of nitrogens with zero attached hydrogens (tertiary/aromatic N) is 3. The number of carbonyl (C=O) groups is 2. The quantitative estimate of drug-likeness (QED) is 0.624. The van der Waals surface area contributed by atoms with Crippen LogP contribution < -0.4 is 10.9 Å². The number of benzene rings is 1. The third kappa shape index (κ3) is 4.16. The minimum Gasteiger partial charge on any atom is -0.273 e. The molecule has 0 aliphatic heterocycles. The van der Waals surface area contributed by atoms with Gasteiger partial charge in [0.05, 0.1) is 11.3 Å². The Hall–Kier alpha value is -2.74. The molecular formula is C19H20BrN5O2. The van der Waals surface area contributed by atoms with Crippen molar-refractivity contribution in [3.8, 4) is 0 Å². The summed E-state index contributed by atoms with van der Waals surface area (Å²) in [4.78, 5) is 28.8. The molecule has 0 atom stereocenters. The third-order valence-electron chi connectivity index (χ3n) is 4.32. The molecule has 8 heteroatoms. The van der Waals surface area contributed by atoms with Crippen molar-refractivity contribution in [2.75, 3.05) is 0 Å². The van der Waals surface area contributed by atoms with Crippen LogP contribution in [0.4, 0.5) is 0 Å². The molecule has 1 aromatic carbocycles. The summed E-state index contributed by atoms with van der Waals surface area (Å²) in [5, 5.41) is 4.44. The topological polar surface area (TPSA) is 88.4 Å². The van der Waals surface area contributed by atoms with Gasteiger partial charge in [-0.3, -0.25) is 20.4 Å². The first-order valence-electron chi connectivity index (χ1n) is 8.53. The number of amides is 2. The summed E-state index contributed by atoms with van der Waals surface area (Å²) in [5.41, 5.74) is 9.88. The van der Waals surface area contributed by atoms with Crippen molar-refractivity contribution >= 4 is 33.4 Å². The number of fused-ring (bicyclic) bond motifs is 1. The van der Waals surface area contributed by atoms with Crippen LogP contribution in [0.5, 0.6) is 0 Å². The lowest BCUT2D eigenvalue weighted by Crippen LogP contribution is -2.41. The maximum Gasteiger partial charge on any atom is 0.270 e. The average Bonchev–Trinajstić information content (AvgIpc) is 3.00. The molecule has 2 heterocycles. The number of hydrazine groups is 1. The molecule has 0 radical (unpaired) electrons. The maximum atomic E-state index is 12.1. The second kappa shape index (κ2) is 7.87. The minimum absolute atomic E-state index is 0.228. The Labute approximate surface area is 165 Å². The second-order valence-electron chi connectivity index (χ2n) is 6.30. The van der Waals surface area contributed by atoms with Gasteiger partial charge in [-0.15, -0.1) is 0 Å². The molecule has 140 valence electrons. The van der Waals surface area contributed by atoms with E-state index < -0.39 is 0 Å². The normalized spacial score (nSPS) is 10.8. The fraction of sp³-hybridized carbons (Fsp3) is 0.263. The molecule has 0 aliphatic carbocycles. The number of rotatable bonds is 4. The number of carbonyl (C=O) groups excluding carboxylic acids is 2. The van der Waals surface area contributed by atoms with E-state index in [2.05, 4.69) is 36.9 Å². The van der Waals surface area contributed by atoms with Gasteiger partial charge < -0.3 is 0 Å². The third-order valence-corrected chi connectivity index (χ3v) is 5.01. The summed E-state index contributed by atoms with van der Waals surface area (Å²) in [6.07, 6.45) is 0.738. The van der Waals surface area contributed by atoms with Gasteiger partial charge in [-0.25, -0.2) is 9.50 Å². The summed E-state index contributed by atoms with van der Waals surface area (Å²) >= 11 is 3.31. The number of aryl methyl sites for hydroxylation is 3. The Morgan fingerprint density at radius 2 is 1.89 bits per heavy atom. The van der Waals surface area contributed by atoms with Crippen molar-refractivity contribution in [2.45, 2.75) is 33.6 Å². The van der Waals surface area contributed by atoms with Gasteiger partial charge in [0.25, 0.3) is 5.91 Å². The highest BCUT2D eigenvalue weighted by Crippen LogP contribution is 2.17. The van der Waals surface area contributed by atoms with Crippen LogP contribution in [0.1, 0.15) is 39.4 Å². The van der Waals surface area contributed by atoms with Gasteiger partial charge in [-0.1, -0.05) is 12.1 Å². The highest BCUT2D eigenvalue weighted by molar-refractivity contribution is 9.10. The van der Waals surface area contributed by atoms with Gasteiger partial charge in [0.1, 0.15) is 0 Å². The fourth-order valence-corrected chi connectivity index (χ4v) is 3.41. The highest BCUT2D eigenvalue weighted by atomic mass is 79.9. The fourth-order valence-electron chi connectivity index (χ4n) is 2.94. The lowest BCUT2D eigenvalue weighted by Gasteiger charge is -2.12. The molecule has 0 unspecified atom stereocenters. The van der Waals surface area contributed by atoms with E-state index in [4.69, 9.17) is 0 Å². The Balaban J connectivity index is 1.62. The molecule has 3 aromatic rings. The van der Waals surface area contributed by atoms with Crippen molar-refractivity contribution in [1.29, 1.82) is 0 Å². The van der Waals surface area contributed by atoms with E-state index >= 15 is 0 Å². The largest absolute Gasteiger partial charge is 0.273 e. The minimum atomic E-state index is -0.377.